The van der Waals surface area contributed by atoms with Gasteiger partial charge in [0.05, 0.1) is 8.67 Å². The lowest BCUT2D eigenvalue weighted by Gasteiger charge is -2.15. The third-order valence-electron chi connectivity index (χ3n) is 1.73. The molecule has 1 atom stereocenters. The number of thiophene rings is 1. The molecule has 0 aliphatic rings. The van der Waals surface area contributed by atoms with Crippen molar-refractivity contribution >= 4 is 34.5 Å². The topological polar surface area (TPSA) is 12.0 Å². The van der Waals surface area contributed by atoms with E-state index in [-0.39, 0.29) is 6.04 Å². The van der Waals surface area contributed by atoms with Crippen molar-refractivity contribution in [3.05, 3.63) is 20.3 Å². The zero-order valence-corrected chi connectivity index (χ0v) is 10.2. The Kier molecular flexibility index (Phi) is 4.05. The van der Waals surface area contributed by atoms with Gasteiger partial charge in [-0.2, -0.15) is 0 Å². The number of rotatable bonds is 3. The van der Waals surface area contributed by atoms with E-state index >= 15 is 0 Å². The lowest BCUT2D eigenvalue weighted by molar-refractivity contribution is 0.507. The first-order chi connectivity index (χ1) is 6.00. The van der Waals surface area contributed by atoms with E-state index in [0.29, 0.717) is 6.04 Å². The summed E-state index contributed by atoms with van der Waals surface area (Å²) in [7, 11) is 0. The first-order valence-corrected chi connectivity index (χ1v) is 5.78. The van der Waals surface area contributed by atoms with Crippen LogP contribution in [0.25, 0.3) is 0 Å². The van der Waals surface area contributed by atoms with Gasteiger partial charge < -0.3 is 5.32 Å². The van der Waals surface area contributed by atoms with Crippen LogP contribution in [0.3, 0.4) is 0 Å². The molecular weight excluding hydrogens is 225 g/mol. The van der Waals surface area contributed by atoms with Crippen molar-refractivity contribution < 1.29 is 0 Å². The van der Waals surface area contributed by atoms with Gasteiger partial charge in [0.2, 0.25) is 0 Å². The van der Waals surface area contributed by atoms with E-state index in [2.05, 4.69) is 26.1 Å². The zero-order chi connectivity index (χ0) is 10.0. The Labute approximate surface area is 93.1 Å². The fraction of sp³-hybridized carbons (Fsp3) is 0.556. The van der Waals surface area contributed by atoms with Crippen LogP contribution in [0.15, 0.2) is 6.07 Å². The Morgan fingerprint density at radius 3 is 2.31 bits per heavy atom. The Hall–Kier alpha value is 0.240. The highest BCUT2D eigenvalue weighted by Gasteiger charge is 2.13. The van der Waals surface area contributed by atoms with Crippen LogP contribution in [0.2, 0.25) is 8.67 Å². The smallest absolute Gasteiger partial charge is 0.0991 e. The van der Waals surface area contributed by atoms with E-state index in [0.717, 1.165) is 14.2 Å². The second-order valence-corrected chi connectivity index (χ2v) is 5.61. The molecule has 74 valence electrons. The van der Waals surface area contributed by atoms with E-state index in [4.69, 9.17) is 23.2 Å². The van der Waals surface area contributed by atoms with Crippen molar-refractivity contribution in [1.82, 2.24) is 5.32 Å². The number of hydrogen-bond donors (Lipinski definition) is 1. The average Bonchev–Trinajstić information content (AvgIpc) is 2.28. The highest BCUT2D eigenvalue weighted by atomic mass is 35.5. The minimum atomic E-state index is 0.260. The molecule has 1 aromatic rings. The quantitative estimate of drug-likeness (QED) is 0.835. The summed E-state index contributed by atoms with van der Waals surface area (Å²) in [4.78, 5) is 0. The second-order valence-electron chi connectivity index (χ2n) is 3.32. The van der Waals surface area contributed by atoms with Crippen molar-refractivity contribution in [1.29, 1.82) is 0 Å². The average molecular weight is 238 g/mol. The molecule has 0 spiro atoms. The summed E-state index contributed by atoms with van der Waals surface area (Å²) in [5.41, 5.74) is 1.09. The maximum absolute atomic E-state index is 6.02. The van der Waals surface area contributed by atoms with Gasteiger partial charge in [0, 0.05) is 12.1 Å². The van der Waals surface area contributed by atoms with Gasteiger partial charge in [-0.3, -0.25) is 0 Å². The lowest BCUT2D eigenvalue weighted by atomic mass is 10.1. The summed E-state index contributed by atoms with van der Waals surface area (Å²) in [6.45, 7) is 6.31. The molecule has 13 heavy (non-hydrogen) atoms. The Morgan fingerprint density at radius 2 is 1.92 bits per heavy atom. The van der Waals surface area contributed by atoms with E-state index < -0.39 is 0 Å². The highest BCUT2D eigenvalue weighted by Crippen LogP contribution is 2.34. The molecule has 0 radical (unpaired) electrons. The van der Waals surface area contributed by atoms with Crippen LogP contribution < -0.4 is 5.32 Å². The normalized spacial score (nSPS) is 13.7. The molecule has 4 heteroatoms. The minimum absolute atomic E-state index is 0.260. The van der Waals surface area contributed by atoms with E-state index in [1.165, 1.54) is 11.3 Å². The largest absolute Gasteiger partial charge is 0.308 e. The van der Waals surface area contributed by atoms with Gasteiger partial charge in [0.15, 0.2) is 0 Å². The summed E-state index contributed by atoms with van der Waals surface area (Å²) in [5.74, 6) is 0. The van der Waals surface area contributed by atoms with Gasteiger partial charge >= 0.3 is 0 Å². The third kappa shape index (κ3) is 3.13. The molecule has 0 amide bonds. The van der Waals surface area contributed by atoms with E-state index in [1.54, 1.807) is 0 Å². The molecule has 0 aromatic carbocycles. The summed E-state index contributed by atoms with van der Waals surface area (Å²) in [5, 5.41) is 3.38. The predicted octanol–water partition coefficient (Wildman–Crippen LogP) is 4.11. The zero-order valence-electron chi connectivity index (χ0n) is 7.90. The minimum Gasteiger partial charge on any atom is -0.308 e. The summed E-state index contributed by atoms with van der Waals surface area (Å²) >= 11 is 13.3. The molecule has 1 heterocycles. The molecule has 1 aromatic heterocycles. The highest BCUT2D eigenvalue weighted by molar-refractivity contribution is 7.20. The van der Waals surface area contributed by atoms with Crippen molar-refractivity contribution in [3.8, 4) is 0 Å². The maximum Gasteiger partial charge on any atom is 0.0991 e. The van der Waals surface area contributed by atoms with Crippen molar-refractivity contribution in [3.63, 3.8) is 0 Å². The van der Waals surface area contributed by atoms with Gasteiger partial charge in [-0.15, -0.1) is 11.3 Å². The summed E-state index contributed by atoms with van der Waals surface area (Å²) in [6.07, 6.45) is 0. The van der Waals surface area contributed by atoms with Gasteiger partial charge in [0.1, 0.15) is 0 Å². The van der Waals surface area contributed by atoms with Gasteiger partial charge in [0.25, 0.3) is 0 Å². The van der Waals surface area contributed by atoms with Gasteiger partial charge in [-0.1, -0.05) is 37.0 Å². The monoisotopic (exact) mass is 237 g/mol. The molecule has 1 N–H and O–H groups in total. The van der Waals surface area contributed by atoms with Crippen LogP contribution in [-0.4, -0.2) is 6.04 Å². The number of nitrogens with one attached hydrogen (secondary N) is 1. The van der Waals surface area contributed by atoms with Gasteiger partial charge in [-0.05, 0) is 18.6 Å². The van der Waals surface area contributed by atoms with E-state index in [1.807, 2.05) is 6.07 Å². The third-order valence-corrected chi connectivity index (χ3v) is 3.25. The maximum atomic E-state index is 6.02. The molecule has 0 saturated heterocycles. The molecule has 0 saturated carbocycles. The van der Waals surface area contributed by atoms with E-state index in [9.17, 15) is 0 Å². The van der Waals surface area contributed by atoms with Crippen LogP contribution in [0, 0.1) is 0 Å². The fourth-order valence-electron chi connectivity index (χ4n) is 1.24. The Morgan fingerprint density at radius 1 is 1.31 bits per heavy atom. The van der Waals surface area contributed by atoms with Crippen LogP contribution in [0.5, 0.6) is 0 Å². The molecular formula is C9H13Cl2NS. The van der Waals surface area contributed by atoms with Crippen LogP contribution in [0.1, 0.15) is 32.4 Å². The van der Waals surface area contributed by atoms with Crippen LogP contribution in [0.4, 0.5) is 0 Å². The molecule has 0 bridgehead atoms. The number of halogens is 2. The summed E-state index contributed by atoms with van der Waals surface area (Å²) < 4.78 is 1.53. The standard InChI is InChI=1S/C9H13Cl2NS/c1-5(2)12-6(3)7-4-8(10)13-9(7)11/h4-6,12H,1-3H3. The molecule has 1 rings (SSSR count). The SMILES string of the molecule is CC(C)NC(C)c1cc(Cl)sc1Cl. The lowest BCUT2D eigenvalue weighted by Crippen LogP contribution is -2.25. The van der Waals surface area contributed by atoms with Crippen molar-refractivity contribution in [2.24, 2.45) is 0 Å². The van der Waals surface area contributed by atoms with Gasteiger partial charge in [-0.25, -0.2) is 0 Å². The van der Waals surface area contributed by atoms with Crippen molar-refractivity contribution in [2.45, 2.75) is 32.9 Å². The fourth-order valence-corrected chi connectivity index (χ4v) is 2.88. The first kappa shape index (κ1) is 11.3. The van der Waals surface area contributed by atoms with Crippen LogP contribution >= 0.6 is 34.5 Å². The Balaban J connectivity index is 2.76. The predicted molar refractivity (Wildman–Crippen MR) is 61.0 cm³/mol. The molecule has 1 nitrogen and oxygen atoms in total. The van der Waals surface area contributed by atoms with Crippen molar-refractivity contribution in [2.75, 3.05) is 0 Å². The second kappa shape index (κ2) is 4.65. The van der Waals surface area contributed by atoms with Crippen LogP contribution in [-0.2, 0) is 0 Å². The molecule has 0 fully saturated rings. The number of hydrogen-bond acceptors (Lipinski definition) is 2. The molecule has 0 aliphatic carbocycles. The molecule has 1 unspecified atom stereocenters. The Bertz CT molecular complexity index is 283. The molecule has 0 aliphatic heterocycles. The summed E-state index contributed by atoms with van der Waals surface area (Å²) in [6, 6.07) is 2.63. The first-order valence-electron chi connectivity index (χ1n) is 4.21.